The van der Waals surface area contributed by atoms with Crippen molar-refractivity contribution in [3.63, 3.8) is 0 Å². The summed E-state index contributed by atoms with van der Waals surface area (Å²) in [6.45, 7) is 4.53. The third kappa shape index (κ3) is 61.4. The number of aliphatic carboxylic acids is 1. The molecule has 0 aliphatic rings. The van der Waals surface area contributed by atoms with Gasteiger partial charge in [0.2, 0.25) is 0 Å². The molecule has 0 rings (SSSR count). The average Bonchev–Trinajstić information content (AvgIpc) is 3.42. The fraction of sp³-hybridized carbons (Fsp3) is 0.700. The Kier molecular flexibility index (Phi) is 57.0. The Morgan fingerprint density at radius 2 is 0.684 bits per heavy atom. The van der Waals surface area contributed by atoms with Gasteiger partial charge in [-0.15, -0.1) is 0 Å². The highest BCUT2D eigenvalue weighted by Gasteiger charge is 2.22. The molecule has 0 aromatic carbocycles. The van der Waals surface area contributed by atoms with Crippen LogP contribution in [0, 0.1) is 0 Å². The van der Waals surface area contributed by atoms with Crippen LogP contribution in [0.1, 0.15) is 258 Å². The lowest BCUT2D eigenvalue weighted by Gasteiger charge is -2.26. The molecule has 2 unspecified atom stereocenters. The number of hydrogen-bond acceptors (Lipinski definition) is 8. The Morgan fingerprint density at radius 1 is 0.380 bits per heavy atom. The second kappa shape index (κ2) is 60.1. The number of nitrogens with zero attached hydrogens (tertiary/aromatic N) is 1. The molecule has 0 saturated heterocycles. The normalized spacial score (nSPS) is 13.5. The molecule has 0 spiro atoms. The zero-order valence-electron chi connectivity index (χ0n) is 51.5. The van der Waals surface area contributed by atoms with Crippen LogP contribution in [-0.4, -0.2) is 82.3 Å². The van der Waals surface area contributed by atoms with Gasteiger partial charge in [0.05, 0.1) is 40.3 Å². The second-order valence-electron chi connectivity index (χ2n) is 22.3. The van der Waals surface area contributed by atoms with Gasteiger partial charge < -0.3 is 33.3 Å². The van der Waals surface area contributed by atoms with E-state index in [1.807, 2.05) is 21.1 Å². The van der Waals surface area contributed by atoms with Gasteiger partial charge in [-0.1, -0.05) is 258 Å². The number of allylic oxidation sites excluding steroid dienone is 18. The summed E-state index contributed by atoms with van der Waals surface area (Å²) in [5.41, 5.74) is 0. The number of hydrogen-bond donors (Lipinski definition) is 0. The SMILES string of the molecule is CC/C=C\C/C=C\C/C=C\C/C=C\C/C=C\CCCCCCCCCCCC(=O)OC(COC(=O)CCCCCCCCCCCCCCCCCC/C=C\C/C=C\C/C=C\C/C=C\CC)COC(OCC[N+](C)(C)C)C(=O)[O-]. The van der Waals surface area contributed by atoms with Crippen LogP contribution in [-0.2, 0) is 33.3 Å². The van der Waals surface area contributed by atoms with Gasteiger partial charge in [-0.25, -0.2) is 0 Å². The van der Waals surface area contributed by atoms with Crippen molar-refractivity contribution in [3.8, 4) is 0 Å². The van der Waals surface area contributed by atoms with Gasteiger partial charge in [-0.2, -0.15) is 0 Å². The van der Waals surface area contributed by atoms with E-state index < -0.39 is 24.3 Å². The number of carbonyl (C=O) groups is 3. The molecule has 0 aromatic heterocycles. The zero-order valence-corrected chi connectivity index (χ0v) is 51.5. The zero-order chi connectivity index (χ0) is 57.6. The monoisotopic (exact) mass is 1100 g/mol. The van der Waals surface area contributed by atoms with Crippen molar-refractivity contribution in [2.75, 3.05) is 47.5 Å². The third-order valence-corrected chi connectivity index (χ3v) is 13.5. The first kappa shape index (κ1) is 75.0. The van der Waals surface area contributed by atoms with Crippen LogP contribution >= 0.6 is 0 Å². The van der Waals surface area contributed by atoms with Gasteiger partial charge in [-0.3, -0.25) is 9.59 Å². The second-order valence-corrected chi connectivity index (χ2v) is 22.3. The first-order valence-corrected chi connectivity index (χ1v) is 32.0. The molecule has 9 heteroatoms. The molecule has 2 atom stereocenters. The predicted octanol–water partition coefficient (Wildman–Crippen LogP) is 18.1. The van der Waals surface area contributed by atoms with Crippen LogP contribution in [0.5, 0.6) is 0 Å². The Balaban J connectivity index is 4.18. The van der Waals surface area contributed by atoms with Gasteiger partial charge in [0.1, 0.15) is 13.2 Å². The van der Waals surface area contributed by atoms with Crippen molar-refractivity contribution in [3.05, 3.63) is 109 Å². The standard InChI is InChI=1S/C70H119NO8/c1-6-8-10-12-14-16-18-20-22-24-26-28-30-32-33-34-35-37-38-40-42-44-46-48-50-52-54-56-58-60-67(72)77-64-66(65-78-70(69(74)75)76-63-62-71(3,4)5)79-68(73)61-59-57-55-53-51-49-47-45-43-41-39-36-31-29-27-25-23-21-19-17-15-13-11-9-7-2/h8-11,14-17,20-23,26-29,36,39,66,70H,6-7,12-13,18-19,24-25,30-35,37-38,40-65H2,1-5H3/b10-8-,11-9-,16-14-,17-15-,22-20-,23-21-,28-26-,29-27-,39-36-. The van der Waals surface area contributed by atoms with Crippen molar-refractivity contribution in [1.82, 2.24) is 0 Å². The molecule has 0 aliphatic carbocycles. The first-order valence-electron chi connectivity index (χ1n) is 32.0. The van der Waals surface area contributed by atoms with Crippen LogP contribution in [0.2, 0.25) is 0 Å². The lowest BCUT2D eigenvalue weighted by Crippen LogP contribution is -2.44. The number of esters is 2. The molecule has 0 saturated carbocycles. The Labute approximate surface area is 485 Å². The molecule has 0 N–H and O–H groups in total. The Bertz CT molecular complexity index is 1660. The highest BCUT2D eigenvalue weighted by molar-refractivity contribution is 5.70. The number of unbranched alkanes of at least 4 members (excludes halogenated alkanes) is 25. The number of ether oxygens (including phenoxy) is 4. The van der Waals surface area contributed by atoms with E-state index in [-0.39, 0.29) is 38.6 Å². The quantitative estimate of drug-likeness (QED) is 0.0195. The molecule has 0 aliphatic heterocycles. The van der Waals surface area contributed by atoms with Gasteiger partial charge in [0.15, 0.2) is 12.4 Å². The summed E-state index contributed by atoms with van der Waals surface area (Å²) < 4.78 is 22.8. The minimum absolute atomic E-state index is 0.142. The summed E-state index contributed by atoms with van der Waals surface area (Å²) in [4.78, 5) is 37.4. The average molecular weight is 1100 g/mol. The molecule has 452 valence electrons. The fourth-order valence-electron chi connectivity index (χ4n) is 8.67. The molecule has 9 nitrogen and oxygen atoms in total. The van der Waals surface area contributed by atoms with Crippen LogP contribution in [0.15, 0.2) is 109 Å². The predicted molar refractivity (Wildman–Crippen MR) is 333 cm³/mol. The number of carboxylic acid groups (broad SMARTS) is 1. The first-order chi connectivity index (χ1) is 38.6. The number of likely N-dealkylation sites (N-methyl/N-ethyl adjacent to an activating group) is 1. The van der Waals surface area contributed by atoms with E-state index in [1.165, 1.54) is 122 Å². The van der Waals surface area contributed by atoms with Crippen molar-refractivity contribution in [2.24, 2.45) is 0 Å². The van der Waals surface area contributed by atoms with Crippen molar-refractivity contribution >= 4 is 17.9 Å². The van der Waals surface area contributed by atoms with E-state index >= 15 is 0 Å². The number of carbonyl (C=O) groups excluding carboxylic acids is 3. The summed E-state index contributed by atoms with van der Waals surface area (Å²) in [6, 6.07) is 0. The third-order valence-electron chi connectivity index (χ3n) is 13.5. The molecule has 0 aromatic rings. The molecule has 0 bridgehead atoms. The molecule has 0 fully saturated rings. The van der Waals surface area contributed by atoms with E-state index in [9.17, 15) is 19.5 Å². The minimum Gasteiger partial charge on any atom is -0.545 e. The lowest BCUT2D eigenvalue weighted by atomic mass is 10.0. The lowest BCUT2D eigenvalue weighted by molar-refractivity contribution is -0.870. The molecular weight excluding hydrogens is 983 g/mol. The topological polar surface area (TPSA) is 111 Å². The summed E-state index contributed by atoms with van der Waals surface area (Å²) in [5.74, 6) is -2.29. The van der Waals surface area contributed by atoms with Crippen LogP contribution in [0.4, 0.5) is 0 Å². The van der Waals surface area contributed by atoms with Gasteiger partial charge in [0, 0.05) is 12.8 Å². The molecule has 0 heterocycles. The molecule has 0 amide bonds. The Morgan fingerprint density at radius 3 is 1.01 bits per heavy atom. The van der Waals surface area contributed by atoms with Crippen molar-refractivity contribution < 1.29 is 42.9 Å². The maximum atomic E-state index is 12.9. The fourth-order valence-corrected chi connectivity index (χ4v) is 8.67. The van der Waals surface area contributed by atoms with Gasteiger partial charge in [0.25, 0.3) is 0 Å². The molecule has 79 heavy (non-hydrogen) atoms. The number of carboxylic acids is 1. The molecular formula is C70H119NO8. The van der Waals surface area contributed by atoms with Crippen molar-refractivity contribution in [1.29, 1.82) is 0 Å². The Hall–Kier alpha value is -4.05. The van der Waals surface area contributed by atoms with Gasteiger partial charge >= 0.3 is 11.9 Å². The minimum atomic E-state index is -1.63. The summed E-state index contributed by atoms with van der Waals surface area (Å²) in [6.07, 6.45) is 80.0. The van der Waals surface area contributed by atoms with Crippen LogP contribution < -0.4 is 5.11 Å². The summed E-state index contributed by atoms with van der Waals surface area (Å²) >= 11 is 0. The van der Waals surface area contributed by atoms with Crippen LogP contribution in [0.25, 0.3) is 0 Å². The number of rotatable bonds is 58. The maximum Gasteiger partial charge on any atom is 0.306 e. The van der Waals surface area contributed by atoms with Crippen LogP contribution in [0.3, 0.4) is 0 Å². The van der Waals surface area contributed by atoms with E-state index in [1.54, 1.807) is 0 Å². The van der Waals surface area contributed by atoms with E-state index in [0.29, 0.717) is 17.4 Å². The summed E-state index contributed by atoms with van der Waals surface area (Å²) in [7, 11) is 5.92. The highest BCUT2D eigenvalue weighted by atomic mass is 16.7. The highest BCUT2D eigenvalue weighted by Crippen LogP contribution is 2.16. The largest absolute Gasteiger partial charge is 0.545 e. The van der Waals surface area contributed by atoms with E-state index in [0.717, 1.165) is 103 Å². The molecule has 0 radical (unpaired) electrons. The van der Waals surface area contributed by atoms with Gasteiger partial charge in [-0.05, 0) is 96.3 Å². The maximum absolute atomic E-state index is 12.9. The smallest absolute Gasteiger partial charge is 0.306 e. The number of quaternary nitrogens is 1. The summed E-state index contributed by atoms with van der Waals surface area (Å²) in [5, 5.41) is 11.8. The van der Waals surface area contributed by atoms with E-state index in [2.05, 4.69) is 123 Å². The van der Waals surface area contributed by atoms with Crippen molar-refractivity contribution in [2.45, 2.75) is 270 Å². The van der Waals surface area contributed by atoms with E-state index in [4.69, 9.17) is 18.9 Å².